The van der Waals surface area contributed by atoms with Crippen LogP contribution < -0.4 is 5.32 Å². The number of urea groups is 1. The quantitative estimate of drug-likeness (QED) is 0.843. The van der Waals surface area contributed by atoms with Gasteiger partial charge in [-0.3, -0.25) is 4.79 Å². The molecule has 1 fully saturated rings. The number of thioether (sulfide) groups is 1. The molecule has 1 N–H and O–H groups in total. The molecule has 2 atom stereocenters. The van der Waals surface area contributed by atoms with Crippen LogP contribution in [-0.2, 0) is 4.79 Å². The summed E-state index contributed by atoms with van der Waals surface area (Å²) in [5.41, 5.74) is 2.34. The van der Waals surface area contributed by atoms with Gasteiger partial charge in [-0.15, -0.1) is 11.8 Å². The Kier molecular flexibility index (Phi) is 6.76. The fourth-order valence-corrected chi connectivity index (χ4v) is 4.25. The fourth-order valence-electron chi connectivity index (χ4n) is 2.95. The number of nitrogens with one attached hydrogen (secondary N) is 1. The molecule has 1 aromatic carbocycles. The van der Waals surface area contributed by atoms with Crippen molar-refractivity contribution >= 4 is 23.7 Å². The molecule has 1 heterocycles. The molecule has 0 radical (unpaired) electrons. The lowest BCUT2D eigenvalue weighted by Crippen LogP contribution is -2.46. The highest BCUT2D eigenvalue weighted by molar-refractivity contribution is 8.01. The van der Waals surface area contributed by atoms with Crippen molar-refractivity contribution in [1.82, 2.24) is 15.1 Å². The first-order valence-electron chi connectivity index (χ1n) is 8.91. The van der Waals surface area contributed by atoms with Gasteiger partial charge in [-0.1, -0.05) is 29.8 Å². The fraction of sp³-hybridized carbons (Fsp3) is 0.579. The second-order valence-electron chi connectivity index (χ2n) is 6.76. The molecule has 25 heavy (non-hydrogen) atoms. The average molecular weight is 364 g/mol. The van der Waals surface area contributed by atoms with Crippen LogP contribution in [0.5, 0.6) is 0 Å². The van der Waals surface area contributed by atoms with Crippen LogP contribution in [0.25, 0.3) is 0 Å². The van der Waals surface area contributed by atoms with Gasteiger partial charge < -0.3 is 15.1 Å². The van der Waals surface area contributed by atoms with Crippen molar-refractivity contribution in [2.24, 2.45) is 0 Å². The number of likely N-dealkylation sites (N-methyl/N-ethyl adjacent to an activating group) is 1. The number of carbonyl (C=O) groups is 2. The Labute approximate surface area is 155 Å². The van der Waals surface area contributed by atoms with E-state index in [1.54, 1.807) is 16.7 Å². The third-order valence-electron chi connectivity index (χ3n) is 4.27. The SMILES string of the molecule is CCN(CCN1C(=O)[C@@H](C)S[C@H]1c1cccc(C)c1)C(=O)NC(C)C. The lowest BCUT2D eigenvalue weighted by Gasteiger charge is -2.29. The number of hydrogen-bond donors (Lipinski definition) is 1. The standard InChI is InChI=1S/C19H29N3O2S/c1-6-21(19(24)20-13(2)3)10-11-22-17(23)15(5)25-18(22)16-9-7-8-14(4)12-16/h7-9,12-13,15,18H,6,10-11H2,1-5H3,(H,20,24)/t15-,18+/m1/s1. The van der Waals surface area contributed by atoms with Gasteiger partial charge in [-0.25, -0.2) is 4.79 Å². The van der Waals surface area contributed by atoms with Gasteiger partial charge in [-0.2, -0.15) is 0 Å². The molecule has 0 aliphatic carbocycles. The number of carbonyl (C=O) groups excluding carboxylic acids is 2. The molecular formula is C19H29N3O2S. The van der Waals surface area contributed by atoms with Crippen LogP contribution in [0.4, 0.5) is 4.79 Å². The van der Waals surface area contributed by atoms with Gasteiger partial charge in [0.05, 0.1) is 5.25 Å². The van der Waals surface area contributed by atoms with E-state index in [-0.39, 0.29) is 28.6 Å². The van der Waals surface area contributed by atoms with Crippen LogP contribution in [-0.4, -0.2) is 52.7 Å². The predicted octanol–water partition coefficient (Wildman–Crippen LogP) is 3.40. The van der Waals surface area contributed by atoms with Gasteiger partial charge >= 0.3 is 6.03 Å². The third kappa shape index (κ3) is 4.91. The van der Waals surface area contributed by atoms with Gasteiger partial charge in [0.2, 0.25) is 5.91 Å². The average Bonchev–Trinajstić information content (AvgIpc) is 2.83. The Morgan fingerprint density at radius 3 is 2.72 bits per heavy atom. The van der Waals surface area contributed by atoms with E-state index in [0.717, 1.165) is 5.56 Å². The van der Waals surface area contributed by atoms with Gasteiger partial charge in [0.25, 0.3) is 0 Å². The van der Waals surface area contributed by atoms with Crippen molar-refractivity contribution < 1.29 is 9.59 Å². The number of aryl methyl sites for hydroxylation is 1. The van der Waals surface area contributed by atoms with E-state index in [4.69, 9.17) is 0 Å². The molecule has 0 aromatic heterocycles. The first-order valence-corrected chi connectivity index (χ1v) is 9.85. The molecule has 1 saturated heterocycles. The third-order valence-corrected chi connectivity index (χ3v) is 5.66. The zero-order chi connectivity index (χ0) is 18.6. The van der Waals surface area contributed by atoms with Crippen molar-refractivity contribution in [2.45, 2.75) is 51.3 Å². The Morgan fingerprint density at radius 1 is 1.40 bits per heavy atom. The van der Waals surface area contributed by atoms with E-state index in [0.29, 0.717) is 19.6 Å². The van der Waals surface area contributed by atoms with E-state index in [1.807, 2.05) is 38.7 Å². The van der Waals surface area contributed by atoms with Crippen LogP contribution in [0, 0.1) is 6.92 Å². The number of hydrogen-bond acceptors (Lipinski definition) is 3. The van der Waals surface area contributed by atoms with Crippen molar-refractivity contribution in [1.29, 1.82) is 0 Å². The van der Waals surface area contributed by atoms with Crippen molar-refractivity contribution in [3.05, 3.63) is 35.4 Å². The van der Waals surface area contributed by atoms with Gasteiger partial charge in [0, 0.05) is 25.7 Å². The largest absolute Gasteiger partial charge is 0.336 e. The lowest BCUT2D eigenvalue weighted by atomic mass is 10.1. The normalized spacial score (nSPS) is 20.2. The summed E-state index contributed by atoms with van der Waals surface area (Å²) in [5.74, 6) is 0.150. The summed E-state index contributed by atoms with van der Waals surface area (Å²) < 4.78 is 0. The highest BCUT2D eigenvalue weighted by Crippen LogP contribution is 2.42. The second kappa shape index (κ2) is 8.61. The Hall–Kier alpha value is -1.69. The lowest BCUT2D eigenvalue weighted by molar-refractivity contribution is -0.129. The van der Waals surface area contributed by atoms with Crippen molar-refractivity contribution in [2.75, 3.05) is 19.6 Å². The molecule has 6 heteroatoms. The second-order valence-corrected chi connectivity index (χ2v) is 8.19. The van der Waals surface area contributed by atoms with Crippen LogP contribution in [0.15, 0.2) is 24.3 Å². The van der Waals surface area contributed by atoms with Crippen LogP contribution in [0.1, 0.15) is 44.2 Å². The number of nitrogens with zero attached hydrogens (tertiary/aromatic N) is 2. The maximum atomic E-state index is 12.6. The summed E-state index contributed by atoms with van der Waals surface area (Å²) in [4.78, 5) is 28.5. The minimum Gasteiger partial charge on any atom is -0.336 e. The molecule has 3 amide bonds. The van der Waals surface area contributed by atoms with Crippen molar-refractivity contribution in [3.8, 4) is 0 Å². The Bertz CT molecular complexity index is 620. The smallest absolute Gasteiger partial charge is 0.317 e. The van der Waals surface area contributed by atoms with Crippen LogP contribution in [0.2, 0.25) is 0 Å². The number of rotatable bonds is 6. The monoisotopic (exact) mass is 363 g/mol. The zero-order valence-electron chi connectivity index (χ0n) is 15.8. The van der Waals surface area contributed by atoms with E-state index in [2.05, 4.69) is 30.4 Å². The number of benzene rings is 1. The molecule has 0 spiro atoms. The summed E-state index contributed by atoms with van der Waals surface area (Å²) in [6.45, 7) is 11.6. The van der Waals surface area contributed by atoms with E-state index >= 15 is 0 Å². The van der Waals surface area contributed by atoms with Gasteiger partial charge in [0.1, 0.15) is 5.37 Å². The summed E-state index contributed by atoms with van der Waals surface area (Å²) in [7, 11) is 0. The minimum absolute atomic E-state index is 0.0225. The minimum atomic E-state index is -0.0723. The van der Waals surface area contributed by atoms with Crippen LogP contribution in [0.3, 0.4) is 0 Å². The van der Waals surface area contributed by atoms with Gasteiger partial charge in [-0.05, 0) is 40.2 Å². The molecule has 2 rings (SSSR count). The van der Waals surface area contributed by atoms with E-state index in [1.165, 1.54) is 5.56 Å². The molecule has 0 unspecified atom stereocenters. The van der Waals surface area contributed by atoms with Crippen molar-refractivity contribution in [3.63, 3.8) is 0 Å². The van der Waals surface area contributed by atoms with E-state index < -0.39 is 0 Å². The van der Waals surface area contributed by atoms with Gasteiger partial charge in [0.15, 0.2) is 0 Å². The summed E-state index contributed by atoms with van der Waals surface area (Å²) in [6, 6.07) is 8.34. The molecule has 1 aliphatic heterocycles. The Balaban J connectivity index is 2.09. The highest BCUT2D eigenvalue weighted by Gasteiger charge is 2.38. The maximum Gasteiger partial charge on any atom is 0.317 e. The zero-order valence-corrected chi connectivity index (χ0v) is 16.6. The molecule has 0 bridgehead atoms. The maximum absolute atomic E-state index is 12.6. The molecule has 1 aliphatic rings. The molecule has 5 nitrogen and oxygen atoms in total. The molecular weight excluding hydrogens is 334 g/mol. The van der Waals surface area contributed by atoms with E-state index in [9.17, 15) is 9.59 Å². The molecule has 1 aromatic rings. The van der Waals surface area contributed by atoms with Crippen LogP contribution >= 0.6 is 11.8 Å². The summed E-state index contributed by atoms with van der Waals surface area (Å²) in [6.07, 6.45) is 0. The molecule has 0 saturated carbocycles. The first kappa shape index (κ1) is 19.6. The highest BCUT2D eigenvalue weighted by atomic mass is 32.2. The first-order chi connectivity index (χ1) is 11.8. The Morgan fingerprint density at radius 2 is 2.12 bits per heavy atom. The predicted molar refractivity (Wildman–Crippen MR) is 104 cm³/mol. The summed E-state index contributed by atoms with van der Waals surface area (Å²) in [5, 5.41) is 2.89. The summed E-state index contributed by atoms with van der Waals surface area (Å²) >= 11 is 1.68. The molecule has 138 valence electrons. The number of amides is 3. The topological polar surface area (TPSA) is 52.7 Å².